The van der Waals surface area contributed by atoms with Crippen molar-refractivity contribution in [2.24, 2.45) is 0 Å². The van der Waals surface area contributed by atoms with Gasteiger partial charge in [-0.1, -0.05) is 30.0 Å². The number of hydrogen-bond acceptors (Lipinski definition) is 5. The molecule has 3 nitrogen and oxygen atoms in total. The number of fused-ring (bicyclic) bond motifs is 1. The predicted octanol–water partition coefficient (Wildman–Crippen LogP) is 5.85. The van der Waals surface area contributed by atoms with E-state index in [0.29, 0.717) is 11.3 Å². The van der Waals surface area contributed by atoms with Gasteiger partial charge in [0.15, 0.2) is 0 Å². The largest absolute Gasteiger partial charge is 0.345 e. The van der Waals surface area contributed by atoms with Gasteiger partial charge in [-0.3, -0.25) is 4.79 Å². The number of carbonyl (C=O) groups is 1. The maximum Gasteiger partial charge on any atom is 0.252 e. The lowest BCUT2D eigenvalue weighted by molar-refractivity contribution is 0.0934. The van der Waals surface area contributed by atoms with Crippen molar-refractivity contribution in [2.75, 3.05) is 5.75 Å². The van der Waals surface area contributed by atoms with Gasteiger partial charge in [0.25, 0.3) is 5.91 Å². The molecule has 0 bridgehead atoms. The van der Waals surface area contributed by atoms with Crippen LogP contribution in [0.25, 0.3) is 0 Å². The molecule has 2 heterocycles. The number of nitrogens with one attached hydrogen (secondary N) is 1. The number of halogens is 1. The van der Waals surface area contributed by atoms with E-state index in [-0.39, 0.29) is 17.8 Å². The number of aryl methyl sites for hydroxylation is 1. The molecule has 3 aromatic rings. The highest BCUT2D eigenvalue weighted by Crippen LogP contribution is 2.37. The first-order chi connectivity index (χ1) is 13.6. The van der Waals surface area contributed by atoms with Crippen molar-refractivity contribution in [3.8, 4) is 0 Å². The monoisotopic (exact) mass is 430 g/mol. The maximum atomic E-state index is 13.7. The van der Waals surface area contributed by atoms with Crippen molar-refractivity contribution in [3.05, 3.63) is 76.0 Å². The molecule has 1 N–H and O–H groups in total. The molecule has 7 heteroatoms. The van der Waals surface area contributed by atoms with Crippen molar-refractivity contribution in [3.63, 3.8) is 0 Å². The zero-order chi connectivity index (χ0) is 19.5. The highest BCUT2D eigenvalue weighted by molar-refractivity contribution is 8.00. The number of carbonyl (C=O) groups excluding carboxylic acids is 1. The summed E-state index contributed by atoms with van der Waals surface area (Å²) < 4.78 is 14.7. The third kappa shape index (κ3) is 4.42. The van der Waals surface area contributed by atoms with Crippen LogP contribution in [0.4, 0.5) is 4.39 Å². The highest BCUT2D eigenvalue weighted by Gasteiger charge is 2.24. The summed E-state index contributed by atoms with van der Waals surface area (Å²) in [4.78, 5) is 18.5. The van der Waals surface area contributed by atoms with Crippen LogP contribution in [0.5, 0.6) is 0 Å². The van der Waals surface area contributed by atoms with E-state index < -0.39 is 0 Å². The fourth-order valence-electron chi connectivity index (χ4n) is 3.16. The second-order valence-electron chi connectivity index (χ2n) is 6.55. The normalized spacial score (nSPS) is 15.9. The molecule has 0 radical (unpaired) electrons. The van der Waals surface area contributed by atoms with Crippen LogP contribution >= 0.6 is 34.9 Å². The van der Waals surface area contributed by atoms with Gasteiger partial charge in [-0.2, -0.15) is 0 Å². The fraction of sp³-hybridized carbons (Fsp3) is 0.238. The molecule has 1 aliphatic rings. The summed E-state index contributed by atoms with van der Waals surface area (Å²) in [5.74, 6) is 1.21. The van der Waals surface area contributed by atoms with E-state index in [1.165, 1.54) is 6.07 Å². The first-order valence-electron chi connectivity index (χ1n) is 8.96. The van der Waals surface area contributed by atoms with Gasteiger partial charge in [-0.05, 0) is 48.7 Å². The number of benzene rings is 2. The molecule has 0 fully saturated rings. The number of amides is 1. The van der Waals surface area contributed by atoms with Gasteiger partial charge in [-0.25, -0.2) is 9.37 Å². The molecule has 4 rings (SSSR count). The Morgan fingerprint density at radius 1 is 1.32 bits per heavy atom. The van der Waals surface area contributed by atoms with Crippen LogP contribution in [0.1, 0.15) is 39.6 Å². The van der Waals surface area contributed by atoms with E-state index in [1.54, 1.807) is 47.0 Å². The molecule has 0 spiro atoms. The van der Waals surface area contributed by atoms with Gasteiger partial charge in [-0.15, -0.1) is 23.1 Å². The number of rotatable bonds is 5. The Morgan fingerprint density at radius 2 is 2.18 bits per heavy atom. The minimum Gasteiger partial charge on any atom is -0.345 e. The van der Waals surface area contributed by atoms with Crippen LogP contribution < -0.4 is 5.32 Å². The molecular weight excluding hydrogens is 411 g/mol. The van der Waals surface area contributed by atoms with Crippen LogP contribution in [0.2, 0.25) is 0 Å². The summed E-state index contributed by atoms with van der Waals surface area (Å²) in [6.07, 6.45) is 0.794. The summed E-state index contributed by atoms with van der Waals surface area (Å²) in [7, 11) is 0. The Kier molecular flexibility index (Phi) is 6.04. The fourth-order valence-corrected chi connectivity index (χ4v) is 6.12. The minimum atomic E-state index is -0.268. The minimum absolute atomic E-state index is 0.112. The summed E-state index contributed by atoms with van der Waals surface area (Å²) in [5, 5.41) is 5.15. The van der Waals surface area contributed by atoms with E-state index in [2.05, 4.69) is 10.3 Å². The number of nitrogens with zero attached hydrogens (tertiary/aromatic N) is 1. The summed E-state index contributed by atoms with van der Waals surface area (Å²) >= 11 is 4.96. The van der Waals surface area contributed by atoms with Crippen LogP contribution in [-0.4, -0.2) is 16.6 Å². The van der Waals surface area contributed by atoms with E-state index in [0.717, 1.165) is 38.2 Å². The van der Waals surface area contributed by atoms with Gasteiger partial charge in [0.1, 0.15) is 10.2 Å². The third-order valence-electron chi connectivity index (χ3n) is 4.53. The zero-order valence-electron chi connectivity index (χ0n) is 15.3. The zero-order valence-corrected chi connectivity index (χ0v) is 17.7. The predicted molar refractivity (Wildman–Crippen MR) is 115 cm³/mol. The molecule has 2 aromatic carbocycles. The van der Waals surface area contributed by atoms with Gasteiger partial charge in [0.05, 0.1) is 6.04 Å². The molecule has 0 aliphatic carbocycles. The van der Waals surface area contributed by atoms with Gasteiger partial charge in [0, 0.05) is 33.0 Å². The molecule has 0 saturated carbocycles. The third-order valence-corrected chi connectivity index (χ3v) is 7.84. The topological polar surface area (TPSA) is 42.0 Å². The maximum absolute atomic E-state index is 13.7. The average molecular weight is 431 g/mol. The first-order valence-corrected chi connectivity index (χ1v) is 11.8. The molecule has 1 aromatic heterocycles. The Labute approximate surface area is 176 Å². The van der Waals surface area contributed by atoms with Crippen molar-refractivity contribution in [2.45, 2.75) is 34.4 Å². The molecule has 1 unspecified atom stereocenters. The Bertz CT molecular complexity index is 1000. The summed E-state index contributed by atoms with van der Waals surface area (Å²) in [6.45, 7) is 1.98. The van der Waals surface area contributed by atoms with E-state index in [4.69, 9.17) is 0 Å². The molecular formula is C21H19FN2OS3. The number of aromatic nitrogens is 1. The lowest BCUT2D eigenvalue weighted by atomic mass is 10.0. The van der Waals surface area contributed by atoms with Gasteiger partial charge >= 0.3 is 0 Å². The van der Waals surface area contributed by atoms with Gasteiger partial charge in [0.2, 0.25) is 0 Å². The van der Waals surface area contributed by atoms with Crippen molar-refractivity contribution >= 4 is 40.8 Å². The lowest BCUT2D eigenvalue weighted by Crippen LogP contribution is -2.31. The van der Waals surface area contributed by atoms with E-state index in [9.17, 15) is 9.18 Å². The van der Waals surface area contributed by atoms with Crippen LogP contribution in [-0.2, 0) is 5.75 Å². The second-order valence-corrected chi connectivity index (χ2v) is 9.76. The van der Waals surface area contributed by atoms with Crippen LogP contribution in [0.15, 0.2) is 57.1 Å². The standard InChI is InChI=1S/C21H19FN2OS3/c1-13-11-27-21(23-13)28-12-14-4-2-3-5-16(14)20(25)24-18-8-9-26-19-7-6-15(22)10-17(18)19/h2-7,10-11,18H,8-9,12H2,1H3,(H,24,25). The SMILES string of the molecule is Cc1csc(SCc2ccccc2C(=O)NC2CCSc3ccc(F)cc32)n1. The highest BCUT2D eigenvalue weighted by atomic mass is 32.2. The Hall–Kier alpha value is -1.83. The molecule has 1 aliphatic heterocycles. The van der Waals surface area contributed by atoms with E-state index in [1.807, 2.05) is 36.6 Å². The molecule has 28 heavy (non-hydrogen) atoms. The Morgan fingerprint density at radius 3 is 3.00 bits per heavy atom. The molecule has 0 saturated heterocycles. The van der Waals surface area contributed by atoms with Crippen molar-refractivity contribution < 1.29 is 9.18 Å². The van der Waals surface area contributed by atoms with Crippen molar-refractivity contribution in [1.29, 1.82) is 0 Å². The number of thioether (sulfide) groups is 2. The first kappa shape index (κ1) is 19.5. The number of hydrogen-bond donors (Lipinski definition) is 1. The van der Waals surface area contributed by atoms with Gasteiger partial charge < -0.3 is 5.32 Å². The molecule has 1 atom stereocenters. The lowest BCUT2D eigenvalue weighted by Gasteiger charge is -2.26. The quantitative estimate of drug-likeness (QED) is 0.516. The van der Waals surface area contributed by atoms with Crippen LogP contribution in [0, 0.1) is 12.7 Å². The smallest absolute Gasteiger partial charge is 0.252 e. The Balaban J connectivity index is 1.51. The summed E-state index contributed by atoms with van der Waals surface area (Å²) in [5.41, 5.74) is 3.52. The number of thiazole rings is 1. The summed E-state index contributed by atoms with van der Waals surface area (Å²) in [6, 6.07) is 12.3. The average Bonchev–Trinajstić information content (AvgIpc) is 3.12. The van der Waals surface area contributed by atoms with E-state index >= 15 is 0 Å². The molecule has 144 valence electrons. The van der Waals surface area contributed by atoms with Crippen LogP contribution in [0.3, 0.4) is 0 Å². The molecule has 1 amide bonds. The second kappa shape index (κ2) is 8.68. The van der Waals surface area contributed by atoms with Crippen molar-refractivity contribution in [1.82, 2.24) is 10.3 Å².